The highest BCUT2D eigenvalue weighted by Crippen LogP contribution is 2.47. The van der Waals surface area contributed by atoms with Crippen molar-refractivity contribution in [1.29, 1.82) is 0 Å². The van der Waals surface area contributed by atoms with Gasteiger partial charge < -0.3 is 29.7 Å². The van der Waals surface area contributed by atoms with Gasteiger partial charge >= 0.3 is 0 Å². The number of halogens is 2. The number of carbonyl (C=O) groups is 1. The van der Waals surface area contributed by atoms with Crippen LogP contribution < -0.4 is 20.3 Å². The highest BCUT2D eigenvalue weighted by molar-refractivity contribution is 6.02. The zero-order chi connectivity index (χ0) is 30.0. The minimum Gasteiger partial charge on any atom is -0.494 e. The molecule has 1 aliphatic heterocycles. The first-order valence-electron chi connectivity index (χ1n) is 13.7. The third-order valence-electron chi connectivity index (χ3n) is 7.40. The quantitative estimate of drug-likeness (QED) is 0.229. The number of aryl methyl sites for hydroxylation is 1. The average molecular weight is 576 g/mol. The van der Waals surface area contributed by atoms with Gasteiger partial charge in [-0.3, -0.25) is 4.79 Å². The molecular formula is C31H35F2N7O2. The molecule has 2 aromatic heterocycles. The summed E-state index contributed by atoms with van der Waals surface area (Å²) in [6.07, 6.45) is 2.94. The fraction of sp³-hybridized carbons (Fsp3) is 0.323. The monoisotopic (exact) mass is 575 g/mol. The fourth-order valence-electron chi connectivity index (χ4n) is 5.34. The second-order valence-corrected chi connectivity index (χ2v) is 10.6. The molecule has 220 valence electrons. The molecule has 4 aromatic rings. The molecule has 1 amide bonds. The standard InChI is InChI=1S/C31H35F2N7O2/c1-6-27(41)35-22-18-23(26(42-5)19-25(22)39(4)17-16-38(2)3)37-30-34-14-12-21(36-30)28-20-10-7-8-11-24(20)40-15-9-13-31(32,33)29(28)40/h6-8,10-12,14,18-19H,1,9,13,15-17H2,2-5H3,(H,35,41)(H,34,36,37). The molecule has 0 unspecified atom stereocenters. The molecular weight excluding hydrogens is 540 g/mol. The lowest BCUT2D eigenvalue weighted by molar-refractivity contribution is -0.111. The molecule has 0 saturated heterocycles. The number of para-hydroxylation sites is 1. The molecule has 42 heavy (non-hydrogen) atoms. The minimum atomic E-state index is -2.99. The van der Waals surface area contributed by atoms with E-state index in [1.54, 1.807) is 30.0 Å². The Bertz CT molecular complexity index is 1630. The first-order valence-corrected chi connectivity index (χ1v) is 13.7. The van der Waals surface area contributed by atoms with Crippen molar-refractivity contribution in [1.82, 2.24) is 19.4 Å². The van der Waals surface area contributed by atoms with Crippen LogP contribution >= 0.6 is 0 Å². The molecule has 5 rings (SSSR count). The van der Waals surface area contributed by atoms with Crippen LogP contribution in [0.15, 0.2) is 61.3 Å². The summed E-state index contributed by atoms with van der Waals surface area (Å²) >= 11 is 0. The van der Waals surface area contributed by atoms with Crippen LogP contribution in [0.5, 0.6) is 5.75 Å². The third kappa shape index (κ3) is 5.64. The molecule has 0 saturated carbocycles. The predicted octanol–water partition coefficient (Wildman–Crippen LogP) is 5.86. The summed E-state index contributed by atoms with van der Waals surface area (Å²) in [4.78, 5) is 25.4. The van der Waals surface area contributed by atoms with Gasteiger partial charge in [-0.1, -0.05) is 24.8 Å². The van der Waals surface area contributed by atoms with E-state index in [1.165, 1.54) is 6.08 Å². The van der Waals surface area contributed by atoms with Crippen molar-refractivity contribution in [3.8, 4) is 17.0 Å². The number of nitrogens with zero attached hydrogens (tertiary/aromatic N) is 5. The lowest BCUT2D eigenvalue weighted by Crippen LogP contribution is -2.29. The van der Waals surface area contributed by atoms with E-state index in [0.717, 1.165) is 23.1 Å². The molecule has 11 heteroatoms. The maximum atomic E-state index is 15.4. The molecule has 9 nitrogen and oxygen atoms in total. The van der Waals surface area contributed by atoms with Gasteiger partial charge in [0, 0.05) is 61.8 Å². The summed E-state index contributed by atoms with van der Waals surface area (Å²) in [5.74, 6) is -2.66. The van der Waals surface area contributed by atoms with Crippen LogP contribution in [0.1, 0.15) is 18.5 Å². The van der Waals surface area contributed by atoms with E-state index in [4.69, 9.17) is 4.74 Å². The van der Waals surface area contributed by atoms with E-state index in [-0.39, 0.29) is 24.0 Å². The molecule has 0 radical (unpaired) electrons. The molecule has 0 spiro atoms. The molecule has 2 N–H and O–H groups in total. The molecule has 0 bridgehead atoms. The number of alkyl halides is 2. The first kappa shape index (κ1) is 29.0. The van der Waals surface area contributed by atoms with Crippen molar-refractivity contribution >= 4 is 39.8 Å². The Kier molecular flexibility index (Phi) is 8.13. The smallest absolute Gasteiger partial charge is 0.288 e. The summed E-state index contributed by atoms with van der Waals surface area (Å²) in [6.45, 7) is 5.58. The third-order valence-corrected chi connectivity index (χ3v) is 7.40. The number of hydrogen-bond acceptors (Lipinski definition) is 7. The van der Waals surface area contributed by atoms with Gasteiger partial charge in [0.15, 0.2) is 0 Å². The maximum absolute atomic E-state index is 15.4. The second kappa shape index (κ2) is 11.8. The Morgan fingerprint density at radius 1 is 1.17 bits per heavy atom. The van der Waals surface area contributed by atoms with Crippen LogP contribution in [-0.4, -0.2) is 66.7 Å². The van der Waals surface area contributed by atoms with Crippen molar-refractivity contribution in [2.24, 2.45) is 0 Å². The number of methoxy groups -OCH3 is 1. The van der Waals surface area contributed by atoms with Gasteiger partial charge in [-0.25, -0.2) is 9.97 Å². The van der Waals surface area contributed by atoms with Gasteiger partial charge in [-0.15, -0.1) is 0 Å². The number of anilines is 4. The lowest BCUT2D eigenvalue weighted by atomic mass is 9.99. The molecule has 0 aliphatic carbocycles. The number of hydrogen-bond donors (Lipinski definition) is 2. The lowest BCUT2D eigenvalue weighted by Gasteiger charge is -2.26. The highest BCUT2D eigenvalue weighted by atomic mass is 19.3. The zero-order valence-corrected chi connectivity index (χ0v) is 24.2. The summed E-state index contributed by atoms with van der Waals surface area (Å²) in [6, 6.07) is 12.6. The summed E-state index contributed by atoms with van der Waals surface area (Å²) in [7, 11) is 7.46. The normalized spacial score (nSPS) is 14.0. The van der Waals surface area contributed by atoms with Crippen LogP contribution in [0.2, 0.25) is 0 Å². The van der Waals surface area contributed by atoms with Crippen molar-refractivity contribution in [2.75, 3.05) is 56.9 Å². The van der Waals surface area contributed by atoms with Gasteiger partial charge in [-0.2, -0.15) is 8.78 Å². The van der Waals surface area contributed by atoms with Crippen LogP contribution in [0.4, 0.5) is 31.8 Å². The number of likely N-dealkylation sites (N-methyl/N-ethyl adjacent to an activating group) is 2. The number of amides is 1. The molecule has 3 heterocycles. The van der Waals surface area contributed by atoms with Crippen molar-refractivity contribution in [3.05, 3.63) is 67.0 Å². The van der Waals surface area contributed by atoms with Crippen LogP contribution in [-0.2, 0) is 17.3 Å². The Balaban J connectivity index is 1.56. The molecule has 1 aliphatic rings. The van der Waals surface area contributed by atoms with Gasteiger partial charge in [0.2, 0.25) is 11.9 Å². The highest BCUT2D eigenvalue weighted by Gasteiger charge is 2.42. The van der Waals surface area contributed by atoms with Crippen molar-refractivity contribution < 1.29 is 18.3 Å². The maximum Gasteiger partial charge on any atom is 0.288 e. The second-order valence-electron chi connectivity index (χ2n) is 10.6. The first-order chi connectivity index (χ1) is 20.1. The van der Waals surface area contributed by atoms with E-state index in [9.17, 15) is 4.79 Å². The van der Waals surface area contributed by atoms with Crippen molar-refractivity contribution in [2.45, 2.75) is 25.3 Å². The minimum absolute atomic E-state index is 0.0169. The largest absolute Gasteiger partial charge is 0.494 e. The van der Waals surface area contributed by atoms with Crippen molar-refractivity contribution in [3.63, 3.8) is 0 Å². The number of fused-ring (bicyclic) bond motifs is 3. The molecule has 2 aromatic carbocycles. The Morgan fingerprint density at radius 3 is 2.69 bits per heavy atom. The number of nitrogens with one attached hydrogen (secondary N) is 2. The van der Waals surface area contributed by atoms with Gasteiger partial charge in [0.05, 0.1) is 35.6 Å². The van der Waals surface area contributed by atoms with E-state index >= 15 is 8.78 Å². The van der Waals surface area contributed by atoms with Crippen LogP contribution in [0, 0.1) is 0 Å². The number of ether oxygens (including phenoxy) is 1. The Labute approximate surface area is 243 Å². The van der Waals surface area contributed by atoms with Crippen LogP contribution in [0.25, 0.3) is 22.2 Å². The summed E-state index contributed by atoms with van der Waals surface area (Å²) in [5.41, 5.74) is 3.31. The number of benzene rings is 2. The van der Waals surface area contributed by atoms with E-state index in [1.807, 2.05) is 56.4 Å². The average Bonchev–Trinajstić information content (AvgIpc) is 3.32. The van der Waals surface area contributed by atoms with E-state index in [0.29, 0.717) is 47.9 Å². The van der Waals surface area contributed by atoms with Gasteiger partial charge in [-0.05, 0) is 44.8 Å². The van der Waals surface area contributed by atoms with Gasteiger partial charge in [0.1, 0.15) is 5.75 Å². The summed E-state index contributed by atoms with van der Waals surface area (Å²) < 4.78 is 38.1. The van der Waals surface area contributed by atoms with E-state index < -0.39 is 5.92 Å². The SMILES string of the molecule is C=CC(=O)Nc1cc(Nc2nccc(-c3c4n(c5ccccc35)CCCC4(F)F)n2)c(OC)cc1N(C)CCN(C)C. The zero-order valence-electron chi connectivity index (χ0n) is 24.2. The fourth-order valence-corrected chi connectivity index (χ4v) is 5.34. The topological polar surface area (TPSA) is 87.5 Å². The van der Waals surface area contributed by atoms with Gasteiger partial charge in [0.25, 0.3) is 5.92 Å². The number of aromatic nitrogens is 3. The molecule has 0 atom stereocenters. The van der Waals surface area contributed by atoms with E-state index in [2.05, 4.69) is 32.1 Å². The Morgan fingerprint density at radius 2 is 1.95 bits per heavy atom. The number of rotatable bonds is 10. The Hall–Kier alpha value is -4.51. The molecule has 0 fully saturated rings. The van der Waals surface area contributed by atoms with Crippen LogP contribution in [0.3, 0.4) is 0 Å². The number of carbonyl (C=O) groups excluding carboxylic acids is 1. The summed E-state index contributed by atoms with van der Waals surface area (Å²) in [5, 5.41) is 6.76. The predicted molar refractivity (Wildman–Crippen MR) is 163 cm³/mol.